The van der Waals surface area contributed by atoms with Gasteiger partial charge in [-0.15, -0.1) is 0 Å². The van der Waals surface area contributed by atoms with Crippen molar-refractivity contribution in [1.82, 2.24) is 9.97 Å². The number of benzene rings is 1. The van der Waals surface area contributed by atoms with Crippen LogP contribution in [0.2, 0.25) is 0 Å². The maximum Gasteiger partial charge on any atom is 0.132 e. The number of hydrogen-bond donors (Lipinski definition) is 2. The Balaban J connectivity index is 1.67. The predicted octanol–water partition coefficient (Wildman–Crippen LogP) is 3.22. The molecule has 0 radical (unpaired) electrons. The van der Waals surface area contributed by atoms with Gasteiger partial charge in [0.05, 0.1) is 0 Å². The number of anilines is 2. The van der Waals surface area contributed by atoms with Gasteiger partial charge in [-0.3, -0.25) is 0 Å². The molecule has 4 heteroatoms. The van der Waals surface area contributed by atoms with Crippen molar-refractivity contribution in [3.63, 3.8) is 0 Å². The van der Waals surface area contributed by atoms with Crippen LogP contribution in [0.5, 0.6) is 0 Å². The summed E-state index contributed by atoms with van der Waals surface area (Å²) in [5.41, 5.74) is 2.95. The number of rotatable bonds is 6. The number of fused-ring (bicyclic) bond motifs is 1. The predicted molar refractivity (Wildman–Crippen MR) is 87.0 cm³/mol. The van der Waals surface area contributed by atoms with Crippen LogP contribution in [0, 0.1) is 0 Å². The van der Waals surface area contributed by atoms with E-state index < -0.39 is 0 Å². The van der Waals surface area contributed by atoms with Gasteiger partial charge < -0.3 is 10.6 Å². The lowest BCUT2D eigenvalue weighted by atomic mass is 9.77. The van der Waals surface area contributed by atoms with E-state index >= 15 is 0 Å². The summed E-state index contributed by atoms with van der Waals surface area (Å²) < 4.78 is 0. The molecular weight excluding hydrogens is 260 g/mol. The average Bonchev–Trinajstić information content (AvgIpc) is 2.48. The molecular formula is C17H22N4. The molecule has 1 aromatic heterocycles. The molecule has 0 saturated carbocycles. The van der Waals surface area contributed by atoms with Crippen LogP contribution in [0.4, 0.5) is 11.6 Å². The van der Waals surface area contributed by atoms with Gasteiger partial charge in [-0.1, -0.05) is 31.2 Å². The summed E-state index contributed by atoms with van der Waals surface area (Å²) >= 11 is 0. The second kappa shape index (κ2) is 6.12. The van der Waals surface area contributed by atoms with Crippen LogP contribution in [0.1, 0.15) is 36.7 Å². The van der Waals surface area contributed by atoms with Gasteiger partial charge in [0.2, 0.25) is 0 Å². The molecule has 0 fully saturated rings. The Labute approximate surface area is 126 Å². The Kier molecular flexibility index (Phi) is 4.04. The molecule has 110 valence electrons. The molecule has 1 aliphatic carbocycles. The van der Waals surface area contributed by atoms with Gasteiger partial charge in [0.15, 0.2) is 0 Å². The summed E-state index contributed by atoms with van der Waals surface area (Å²) in [5.74, 6) is 3.30. The maximum absolute atomic E-state index is 4.56. The molecule has 0 amide bonds. The molecule has 1 aliphatic rings. The Morgan fingerprint density at radius 3 is 2.57 bits per heavy atom. The summed E-state index contributed by atoms with van der Waals surface area (Å²) in [5, 5.41) is 6.73. The van der Waals surface area contributed by atoms with Crippen molar-refractivity contribution in [1.29, 1.82) is 0 Å². The van der Waals surface area contributed by atoms with Gasteiger partial charge in [-0.25, -0.2) is 9.97 Å². The molecule has 2 aromatic rings. The van der Waals surface area contributed by atoms with Gasteiger partial charge in [-0.2, -0.15) is 0 Å². The summed E-state index contributed by atoms with van der Waals surface area (Å²) in [4.78, 5) is 9.03. The lowest BCUT2D eigenvalue weighted by Crippen LogP contribution is -2.24. The Morgan fingerprint density at radius 1 is 1.10 bits per heavy atom. The number of aryl methyl sites for hydroxylation is 1. The first-order chi connectivity index (χ1) is 10.3. The summed E-state index contributed by atoms with van der Waals surface area (Å²) in [6, 6.07) is 10.7. The standard InChI is InChI=1S/C17H22N4/c1-3-15-20-16(18-4-2)10-17(21-15)19-11-13-9-12-7-5-6-8-14(12)13/h5-8,10,13H,3-4,9,11H2,1-2H3,(H2,18,19,20,21). The Hall–Kier alpha value is -2.10. The van der Waals surface area contributed by atoms with Crippen LogP contribution in [0.15, 0.2) is 30.3 Å². The first-order valence-corrected chi connectivity index (χ1v) is 7.73. The van der Waals surface area contributed by atoms with Gasteiger partial charge in [-0.05, 0) is 24.5 Å². The molecule has 2 N–H and O–H groups in total. The molecule has 0 bridgehead atoms. The highest BCUT2D eigenvalue weighted by Crippen LogP contribution is 2.34. The minimum Gasteiger partial charge on any atom is -0.370 e. The molecule has 0 saturated heterocycles. The zero-order valence-electron chi connectivity index (χ0n) is 12.7. The number of nitrogens with one attached hydrogen (secondary N) is 2. The highest BCUT2D eigenvalue weighted by atomic mass is 15.1. The average molecular weight is 282 g/mol. The summed E-state index contributed by atoms with van der Waals surface area (Å²) in [6.45, 7) is 5.96. The molecule has 21 heavy (non-hydrogen) atoms. The SMILES string of the molecule is CCNc1cc(NCC2Cc3ccccc32)nc(CC)n1. The quantitative estimate of drug-likeness (QED) is 0.854. The van der Waals surface area contributed by atoms with E-state index in [-0.39, 0.29) is 0 Å². The summed E-state index contributed by atoms with van der Waals surface area (Å²) in [6.07, 6.45) is 2.01. The monoisotopic (exact) mass is 282 g/mol. The second-order valence-corrected chi connectivity index (χ2v) is 5.42. The molecule has 1 atom stereocenters. The van der Waals surface area contributed by atoms with Crippen LogP contribution in [0.3, 0.4) is 0 Å². The third-order valence-corrected chi connectivity index (χ3v) is 3.94. The zero-order valence-corrected chi connectivity index (χ0v) is 12.7. The van der Waals surface area contributed by atoms with Crippen molar-refractivity contribution in [3.8, 4) is 0 Å². The largest absolute Gasteiger partial charge is 0.370 e. The van der Waals surface area contributed by atoms with Crippen LogP contribution in [-0.4, -0.2) is 23.1 Å². The van der Waals surface area contributed by atoms with E-state index in [1.165, 1.54) is 11.1 Å². The summed E-state index contributed by atoms with van der Waals surface area (Å²) in [7, 11) is 0. The Morgan fingerprint density at radius 2 is 1.86 bits per heavy atom. The third-order valence-electron chi connectivity index (χ3n) is 3.94. The minimum atomic E-state index is 0.601. The van der Waals surface area contributed by atoms with Crippen LogP contribution in [-0.2, 0) is 12.8 Å². The maximum atomic E-state index is 4.56. The van der Waals surface area contributed by atoms with Crippen molar-refractivity contribution < 1.29 is 0 Å². The molecule has 0 spiro atoms. The number of aromatic nitrogens is 2. The van der Waals surface area contributed by atoms with E-state index in [0.29, 0.717) is 5.92 Å². The topological polar surface area (TPSA) is 49.8 Å². The molecule has 1 unspecified atom stereocenters. The third kappa shape index (κ3) is 2.99. The lowest BCUT2D eigenvalue weighted by molar-refractivity contribution is 0.634. The van der Waals surface area contributed by atoms with Crippen LogP contribution < -0.4 is 10.6 Å². The normalized spacial score (nSPS) is 16.0. The lowest BCUT2D eigenvalue weighted by Gasteiger charge is -2.30. The van der Waals surface area contributed by atoms with Gasteiger partial charge in [0.1, 0.15) is 17.5 Å². The second-order valence-electron chi connectivity index (χ2n) is 5.42. The van der Waals surface area contributed by atoms with Crippen molar-refractivity contribution in [2.75, 3.05) is 23.7 Å². The van der Waals surface area contributed by atoms with Crippen molar-refractivity contribution in [2.45, 2.75) is 32.6 Å². The van der Waals surface area contributed by atoms with Crippen molar-refractivity contribution in [3.05, 3.63) is 47.3 Å². The molecule has 4 nitrogen and oxygen atoms in total. The van der Waals surface area contributed by atoms with Crippen molar-refractivity contribution in [2.24, 2.45) is 0 Å². The highest BCUT2D eigenvalue weighted by molar-refractivity contribution is 5.49. The Bertz CT molecular complexity index is 624. The van der Waals surface area contributed by atoms with E-state index in [2.05, 4.69) is 58.7 Å². The minimum absolute atomic E-state index is 0.601. The van der Waals surface area contributed by atoms with Gasteiger partial charge >= 0.3 is 0 Å². The smallest absolute Gasteiger partial charge is 0.132 e. The van der Waals surface area contributed by atoms with Gasteiger partial charge in [0, 0.05) is 31.5 Å². The fraction of sp³-hybridized carbons (Fsp3) is 0.412. The van der Waals surface area contributed by atoms with Crippen LogP contribution >= 0.6 is 0 Å². The molecule has 1 heterocycles. The zero-order chi connectivity index (χ0) is 14.7. The first-order valence-electron chi connectivity index (χ1n) is 7.73. The number of nitrogens with zero attached hydrogens (tertiary/aromatic N) is 2. The van der Waals surface area contributed by atoms with E-state index in [9.17, 15) is 0 Å². The van der Waals surface area contributed by atoms with E-state index in [0.717, 1.165) is 43.4 Å². The molecule has 0 aliphatic heterocycles. The molecule has 3 rings (SSSR count). The van der Waals surface area contributed by atoms with E-state index in [4.69, 9.17) is 0 Å². The number of hydrogen-bond acceptors (Lipinski definition) is 4. The van der Waals surface area contributed by atoms with E-state index in [1.54, 1.807) is 0 Å². The van der Waals surface area contributed by atoms with Crippen molar-refractivity contribution >= 4 is 11.6 Å². The first kappa shape index (κ1) is 13.9. The highest BCUT2D eigenvalue weighted by Gasteiger charge is 2.24. The van der Waals surface area contributed by atoms with Gasteiger partial charge in [0.25, 0.3) is 0 Å². The van der Waals surface area contributed by atoms with Crippen LogP contribution in [0.25, 0.3) is 0 Å². The van der Waals surface area contributed by atoms with E-state index in [1.807, 2.05) is 6.07 Å². The fourth-order valence-corrected chi connectivity index (χ4v) is 2.79. The fourth-order valence-electron chi connectivity index (χ4n) is 2.79. The molecule has 1 aromatic carbocycles.